The Morgan fingerprint density at radius 3 is 1.97 bits per heavy atom. The summed E-state index contributed by atoms with van der Waals surface area (Å²) in [7, 11) is 1.67. The van der Waals surface area contributed by atoms with Gasteiger partial charge in [-0.25, -0.2) is 0 Å². The molecule has 1 saturated heterocycles. The molecular weight excluding hydrogens is 407 g/mol. The van der Waals surface area contributed by atoms with E-state index in [-0.39, 0.29) is 11.8 Å². The molecule has 0 unspecified atom stereocenters. The number of rotatable bonds is 7. The molecule has 0 aromatic heterocycles. The minimum absolute atomic E-state index is 0.0831. The normalized spacial score (nSPS) is 16.0. The summed E-state index contributed by atoms with van der Waals surface area (Å²) in [6, 6.07) is 14.9. The maximum Gasteiger partial charge on any atom is 0.219 e. The van der Waals surface area contributed by atoms with Crippen molar-refractivity contribution in [3.05, 3.63) is 69.7 Å². The summed E-state index contributed by atoms with van der Waals surface area (Å²) < 4.78 is 0. The Kier molecular flexibility index (Phi) is 7.58. The molecule has 0 radical (unpaired) electrons. The molecule has 29 heavy (non-hydrogen) atoms. The highest BCUT2D eigenvalue weighted by Gasteiger charge is 2.41. The average Bonchev–Trinajstić information content (AvgIpc) is 2.74. The summed E-state index contributed by atoms with van der Waals surface area (Å²) >= 11 is 12.2. The number of nitrogens with one attached hydrogen (secondary N) is 1. The van der Waals surface area contributed by atoms with Crippen molar-refractivity contribution in [2.45, 2.75) is 31.3 Å². The van der Waals surface area contributed by atoms with Crippen LogP contribution in [0.4, 0.5) is 0 Å². The average molecular weight is 435 g/mol. The second-order valence-electron chi connectivity index (χ2n) is 7.67. The molecule has 6 heteroatoms. The fourth-order valence-electron chi connectivity index (χ4n) is 4.21. The number of piperidine rings is 1. The van der Waals surface area contributed by atoms with Gasteiger partial charge in [0.25, 0.3) is 0 Å². The first-order chi connectivity index (χ1) is 13.9. The van der Waals surface area contributed by atoms with Crippen LogP contribution >= 0.6 is 23.2 Å². The van der Waals surface area contributed by atoms with E-state index in [1.165, 1.54) is 0 Å². The van der Waals surface area contributed by atoms with E-state index in [1.54, 1.807) is 7.05 Å². The van der Waals surface area contributed by atoms with E-state index in [2.05, 4.69) is 10.2 Å². The van der Waals surface area contributed by atoms with Crippen LogP contribution in [-0.4, -0.2) is 42.6 Å². The minimum Gasteiger partial charge on any atom is -0.380 e. The van der Waals surface area contributed by atoms with E-state index < -0.39 is 5.60 Å². The molecule has 2 aromatic rings. The number of amides is 1. The smallest absolute Gasteiger partial charge is 0.219 e. The van der Waals surface area contributed by atoms with Gasteiger partial charge in [-0.15, -0.1) is 0 Å². The Morgan fingerprint density at radius 1 is 1.03 bits per heavy atom. The van der Waals surface area contributed by atoms with Gasteiger partial charge in [-0.05, 0) is 80.2 Å². The SMILES string of the molecule is CNC(=O)CCCN1CCC(C(O)(c2ccc(Cl)cc2)c2ccc(Cl)cc2)CC1. The fraction of sp³-hybridized carbons (Fsp3) is 0.435. The van der Waals surface area contributed by atoms with Crippen LogP contribution in [0, 0.1) is 5.92 Å². The predicted octanol–water partition coefficient (Wildman–Crippen LogP) is 4.47. The van der Waals surface area contributed by atoms with Gasteiger partial charge in [0.2, 0.25) is 5.91 Å². The number of hydrogen-bond acceptors (Lipinski definition) is 3. The number of carbonyl (C=O) groups excluding carboxylic acids is 1. The van der Waals surface area contributed by atoms with E-state index in [0.717, 1.165) is 50.0 Å². The standard InChI is InChI=1S/C23H28Cl2N2O2/c1-26-22(28)3-2-14-27-15-12-19(13-16-27)23(29,17-4-8-20(24)9-5-17)18-6-10-21(25)11-7-18/h4-11,19,29H,2-3,12-16H2,1H3,(H,26,28). The van der Waals surface area contributed by atoms with Gasteiger partial charge in [0.15, 0.2) is 0 Å². The number of likely N-dealkylation sites (tertiary alicyclic amines) is 1. The van der Waals surface area contributed by atoms with Crippen LogP contribution in [0.3, 0.4) is 0 Å². The van der Waals surface area contributed by atoms with Crippen LogP contribution in [0.25, 0.3) is 0 Å². The van der Waals surface area contributed by atoms with Crippen molar-refractivity contribution in [3.8, 4) is 0 Å². The number of aliphatic hydroxyl groups is 1. The maximum absolute atomic E-state index is 12.0. The summed E-state index contributed by atoms with van der Waals surface area (Å²) in [5.74, 6) is 0.166. The van der Waals surface area contributed by atoms with Crippen molar-refractivity contribution in [2.75, 3.05) is 26.7 Å². The maximum atomic E-state index is 12.0. The van der Waals surface area contributed by atoms with E-state index in [1.807, 2.05) is 48.5 Å². The Hall–Kier alpha value is -1.59. The van der Waals surface area contributed by atoms with Crippen LogP contribution in [0.5, 0.6) is 0 Å². The van der Waals surface area contributed by atoms with E-state index in [0.29, 0.717) is 16.5 Å². The molecule has 4 nitrogen and oxygen atoms in total. The molecule has 1 heterocycles. The number of hydrogen-bond donors (Lipinski definition) is 2. The van der Waals surface area contributed by atoms with Crippen LogP contribution in [-0.2, 0) is 10.4 Å². The minimum atomic E-state index is -1.09. The van der Waals surface area contributed by atoms with E-state index in [4.69, 9.17) is 23.2 Å². The van der Waals surface area contributed by atoms with Crippen molar-refractivity contribution in [2.24, 2.45) is 5.92 Å². The molecule has 0 bridgehead atoms. The number of nitrogens with zero attached hydrogens (tertiary/aromatic N) is 1. The molecule has 156 valence electrons. The van der Waals surface area contributed by atoms with Crippen LogP contribution in [0.1, 0.15) is 36.8 Å². The zero-order valence-corrected chi connectivity index (χ0v) is 18.2. The van der Waals surface area contributed by atoms with Crippen molar-refractivity contribution < 1.29 is 9.90 Å². The second kappa shape index (κ2) is 9.94. The van der Waals surface area contributed by atoms with Gasteiger partial charge in [0, 0.05) is 23.5 Å². The van der Waals surface area contributed by atoms with Gasteiger partial charge in [0.05, 0.1) is 0 Å². The highest BCUT2D eigenvalue weighted by atomic mass is 35.5. The Labute approximate surface area is 182 Å². The summed E-state index contributed by atoms with van der Waals surface area (Å²) in [6.45, 7) is 2.71. The summed E-state index contributed by atoms with van der Waals surface area (Å²) in [5, 5.41) is 15.9. The lowest BCUT2D eigenvalue weighted by atomic mass is 9.72. The third-order valence-corrected chi connectivity index (χ3v) is 6.41. The summed E-state index contributed by atoms with van der Waals surface area (Å²) in [6.07, 6.45) is 3.16. The lowest BCUT2D eigenvalue weighted by Gasteiger charge is -2.42. The van der Waals surface area contributed by atoms with E-state index in [9.17, 15) is 9.90 Å². The molecule has 1 fully saturated rings. The number of carbonyl (C=O) groups is 1. The quantitative estimate of drug-likeness (QED) is 0.675. The fourth-order valence-corrected chi connectivity index (χ4v) is 4.46. The van der Waals surface area contributed by atoms with Gasteiger partial charge in [-0.3, -0.25) is 4.79 Å². The topological polar surface area (TPSA) is 52.6 Å². The monoisotopic (exact) mass is 434 g/mol. The molecule has 2 N–H and O–H groups in total. The van der Waals surface area contributed by atoms with Gasteiger partial charge >= 0.3 is 0 Å². The molecule has 0 aliphatic carbocycles. The number of benzene rings is 2. The Bertz CT molecular complexity index is 755. The first-order valence-electron chi connectivity index (χ1n) is 10.1. The van der Waals surface area contributed by atoms with Crippen molar-refractivity contribution >= 4 is 29.1 Å². The Morgan fingerprint density at radius 2 is 1.52 bits per heavy atom. The molecule has 0 atom stereocenters. The van der Waals surface area contributed by atoms with Crippen molar-refractivity contribution in [1.82, 2.24) is 10.2 Å². The van der Waals surface area contributed by atoms with Crippen LogP contribution in [0.2, 0.25) is 10.0 Å². The molecule has 1 amide bonds. The van der Waals surface area contributed by atoms with Crippen LogP contribution < -0.4 is 5.32 Å². The van der Waals surface area contributed by atoms with Gasteiger partial charge in [-0.2, -0.15) is 0 Å². The third kappa shape index (κ3) is 5.32. The van der Waals surface area contributed by atoms with Gasteiger partial charge < -0.3 is 15.3 Å². The third-order valence-electron chi connectivity index (χ3n) is 5.90. The molecule has 1 aliphatic heterocycles. The van der Waals surface area contributed by atoms with Gasteiger partial charge in [0.1, 0.15) is 5.60 Å². The zero-order chi connectivity index (χ0) is 20.9. The lowest BCUT2D eigenvalue weighted by molar-refractivity contribution is -0.120. The van der Waals surface area contributed by atoms with Crippen LogP contribution in [0.15, 0.2) is 48.5 Å². The first-order valence-corrected chi connectivity index (χ1v) is 10.9. The second-order valence-corrected chi connectivity index (χ2v) is 8.55. The molecule has 1 aliphatic rings. The molecule has 0 saturated carbocycles. The van der Waals surface area contributed by atoms with Gasteiger partial charge in [-0.1, -0.05) is 47.5 Å². The van der Waals surface area contributed by atoms with Crippen molar-refractivity contribution in [1.29, 1.82) is 0 Å². The highest BCUT2D eigenvalue weighted by molar-refractivity contribution is 6.30. The van der Waals surface area contributed by atoms with E-state index >= 15 is 0 Å². The first kappa shape index (κ1) is 22.1. The highest BCUT2D eigenvalue weighted by Crippen LogP contribution is 2.42. The largest absolute Gasteiger partial charge is 0.380 e. The molecule has 2 aromatic carbocycles. The summed E-state index contributed by atoms with van der Waals surface area (Å²) in [4.78, 5) is 13.8. The van der Waals surface area contributed by atoms with Crippen molar-refractivity contribution in [3.63, 3.8) is 0 Å². The predicted molar refractivity (Wildman–Crippen MR) is 118 cm³/mol. The molecular formula is C23H28Cl2N2O2. The Balaban J connectivity index is 1.75. The zero-order valence-electron chi connectivity index (χ0n) is 16.7. The lowest BCUT2D eigenvalue weighted by Crippen LogP contribution is -2.44. The number of halogens is 2. The summed E-state index contributed by atoms with van der Waals surface area (Å²) in [5.41, 5.74) is 0.605. The molecule has 0 spiro atoms. The molecule has 3 rings (SSSR count).